The Labute approximate surface area is 80.0 Å². The van der Waals surface area contributed by atoms with Gasteiger partial charge in [-0.2, -0.15) is 0 Å². The molecule has 0 aromatic rings. The highest BCUT2D eigenvalue weighted by atomic mass is 16.2. The molecule has 0 spiro atoms. The number of carbonyl (C=O) groups is 1. The van der Waals surface area contributed by atoms with E-state index in [4.69, 9.17) is 5.84 Å². The number of amides is 1. The molecule has 0 radical (unpaired) electrons. The summed E-state index contributed by atoms with van der Waals surface area (Å²) < 4.78 is 0. The molecule has 3 nitrogen and oxygen atoms in total. The van der Waals surface area contributed by atoms with Gasteiger partial charge >= 0.3 is 0 Å². The first-order chi connectivity index (χ1) is 6.09. The van der Waals surface area contributed by atoms with Crippen molar-refractivity contribution >= 4 is 5.91 Å². The topological polar surface area (TPSA) is 55.1 Å². The van der Waals surface area contributed by atoms with Crippen molar-refractivity contribution < 1.29 is 4.79 Å². The number of hydrogen-bond donors (Lipinski definition) is 2. The van der Waals surface area contributed by atoms with Gasteiger partial charge in [0, 0.05) is 5.41 Å². The first kappa shape index (κ1) is 10.5. The van der Waals surface area contributed by atoms with E-state index in [0.717, 1.165) is 0 Å². The number of hydrazine groups is 1. The maximum Gasteiger partial charge on any atom is 0.239 e. The molecule has 1 amide bonds. The molecule has 1 rings (SSSR count). The van der Waals surface area contributed by atoms with Crippen LogP contribution in [0.5, 0.6) is 0 Å². The fraction of sp³-hybridized carbons (Fsp3) is 0.900. The zero-order valence-corrected chi connectivity index (χ0v) is 8.60. The molecule has 0 heterocycles. The summed E-state index contributed by atoms with van der Waals surface area (Å²) in [5, 5.41) is 0. The molecule has 76 valence electrons. The largest absolute Gasteiger partial charge is 0.294 e. The molecular formula is C10H20N2O. The average molecular weight is 184 g/mol. The number of nitrogens with two attached hydrogens (primary N) is 1. The third-order valence-corrected chi connectivity index (χ3v) is 3.34. The Bertz CT molecular complexity index is 183. The maximum absolute atomic E-state index is 11.5. The van der Waals surface area contributed by atoms with Crippen LogP contribution in [0, 0.1) is 11.3 Å². The van der Waals surface area contributed by atoms with Crippen LogP contribution in [0.4, 0.5) is 0 Å². The van der Waals surface area contributed by atoms with Crippen LogP contribution in [0.1, 0.15) is 46.0 Å². The highest BCUT2D eigenvalue weighted by Gasteiger charge is 2.36. The minimum absolute atomic E-state index is 0.0283. The van der Waals surface area contributed by atoms with Gasteiger partial charge < -0.3 is 0 Å². The van der Waals surface area contributed by atoms with E-state index >= 15 is 0 Å². The number of rotatable bonds is 2. The van der Waals surface area contributed by atoms with E-state index in [9.17, 15) is 4.79 Å². The summed E-state index contributed by atoms with van der Waals surface area (Å²) in [6.07, 6.45) is 6.16. The van der Waals surface area contributed by atoms with Crippen molar-refractivity contribution in [1.82, 2.24) is 5.43 Å². The van der Waals surface area contributed by atoms with Crippen LogP contribution in [0.15, 0.2) is 0 Å². The molecule has 13 heavy (non-hydrogen) atoms. The molecule has 0 atom stereocenters. The molecule has 0 saturated heterocycles. The van der Waals surface area contributed by atoms with Crippen LogP contribution >= 0.6 is 0 Å². The summed E-state index contributed by atoms with van der Waals surface area (Å²) in [5.41, 5.74) is 1.97. The second-order valence-corrected chi connectivity index (χ2v) is 4.53. The van der Waals surface area contributed by atoms with Crippen LogP contribution in [0.3, 0.4) is 0 Å². The zero-order chi connectivity index (χ0) is 9.90. The lowest BCUT2D eigenvalue weighted by molar-refractivity contribution is -0.132. The van der Waals surface area contributed by atoms with Gasteiger partial charge in [-0.25, -0.2) is 5.84 Å². The Balaban J connectivity index is 2.60. The van der Waals surface area contributed by atoms with Crippen LogP contribution < -0.4 is 11.3 Å². The van der Waals surface area contributed by atoms with Crippen LogP contribution in [-0.4, -0.2) is 5.91 Å². The van der Waals surface area contributed by atoms with Gasteiger partial charge in [0.25, 0.3) is 0 Å². The Kier molecular flexibility index (Phi) is 3.31. The standard InChI is InChI=1S/C10H20N2O/c1-10(2,9(13)12-11)8-6-4-3-5-7-8/h8H,3-7,11H2,1-2H3,(H,12,13). The maximum atomic E-state index is 11.5. The van der Waals surface area contributed by atoms with E-state index in [-0.39, 0.29) is 11.3 Å². The van der Waals surface area contributed by atoms with Gasteiger partial charge in [-0.05, 0) is 18.8 Å². The highest BCUT2D eigenvalue weighted by Crippen LogP contribution is 2.38. The van der Waals surface area contributed by atoms with Gasteiger partial charge in [0.2, 0.25) is 5.91 Å². The summed E-state index contributed by atoms with van der Waals surface area (Å²) in [4.78, 5) is 11.5. The molecule has 0 aromatic carbocycles. The van der Waals surface area contributed by atoms with E-state index in [2.05, 4.69) is 5.43 Å². The fourth-order valence-electron chi connectivity index (χ4n) is 2.20. The Morgan fingerprint density at radius 3 is 2.31 bits per heavy atom. The summed E-state index contributed by atoms with van der Waals surface area (Å²) in [6, 6.07) is 0. The van der Waals surface area contributed by atoms with Gasteiger partial charge in [0.15, 0.2) is 0 Å². The molecule has 0 bridgehead atoms. The lowest BCUT2D eigenvalue weighted by atomic mass is 9.70. The minimum Gasteiger partial charge on any atom is -0.294 e. The van der Waals surface area contributed by atoms with Crippen LogP contribution in [0.2, 0.25) is 0 Å². The summed E-state index contributed by atoms with van der Waals surface area (Å²) in [7, 11) is 0. The molecule has 3 N–H and O–H groups in total. The van der Waals surface area contributed by atoms with Gasteiger partial charge in [0.1, 0.15) is 0 Å². The van der Waals surface area contributed by atoms with Crippen molar-refractivity contribution in [2.24, 2.45) is 17.2 Å². The first-order valence-electron chi connectivity index (χ1n) is 5.10. The molecule has 1 aliphatic rings. The normalized spacial score (nSPS) is 19.9. The summed E-state index contributed by atoms with van der Waals surface area (Å²) in [5.74, 6) is 5.64. The van der Waals surface area contributed by atoms with Crippen LogP contribution in [-0.2, 0) is 4.79 Å². The van der Waals surface area contributed by atoms with E-state index in [0.29, 0.717) is 5.92 Å². The fourth-order valence-corrected chi connectivity index (χ4v) is 2.20. The van der Waals surface area contributed by atoms with Crippen molar-refractivity contribution in [3.63, 3.8) is 0 Å². The zero-order valence-electron chi connectivity index (χ0n) is 8.60. The molecule has 0 aliphatic heterocycles. The Morgan fingerprint density at radius 2 is 1.85 bits per heavy atom. The van der Waals surface area contributed by atoms with E-state index < -0.39 is 0 Å². The highest BCUT2D eigenvalue weighted by molar-refractivity contribution is 5.81. The third-order valence-electron chi connectivity index (χ3n) is 3.34. The molecule has 0 unspecified atom stereocenters. The van der Waals surface area contributed by atoms with Gasteiger partial charge in [0.05, 0.1) is 0 Å². The molecule has 1 aliphatic carbocycles. The van der Waals surface area contributed by atoms with Crippen molar-refractivity contribution in [3.05, 3.63) is 0 Å². The molecular weight excluding hydrogens is 164 g/mol. The molecule has 1 saturated carbocycles. The SMILES string of the molecule is CC(C)(C(=O)NN)C1CCCCC1. The average Bonchev–Trinajstić information content (AvgIpc) is 2.18. The third kappa shape index (κ3) is 2.21. The predicted octanol–water partition coefficient (Wildman–Crippen LogP) is 1.58. The van der Waals surface area contributed by atoms with Gasteiger partial charge in [-0.3, -0.25) is 10.2 Å². The molecule has 3 heteroatoms. The van der Waals surface area contributed by atoms with Crippen molar-refractivity contribution in [3.8, 4) is 0 Å². The lowest BCUT2D eigenvalue weighted by Gasteiger charge is -2.35. The Hall–Kier alpha value is -0.570. The second-order valence-electron chi connectivity index (χ2n) is 4.53. The lowest BCUT2D eigenvalue weighted by Crippen LogP contribution is -2.45. The smallest absolute Gasteiger partial charge is 0.239 e. The van der Waals surface area contributed by atoms with Gasteiger partial charge in [-0.15, -0.1) is 0 Å². The van der Waals surface area contributed by atoms with Crippen molar-refractivity contribution in [2.45, 2.75) is 46.0 Å². The minimum atomic E-state index is -0.296. The molecule has 0 aromatic heterocycles. The van der Waals surface area contributed by atoms with Crippen molar-refractivity contribution in [1.29, 1.82) is 0 Å². The number of carbonyl (C=O) groups excluding carboxylic acids is 1. The van der Waals surface area contributed by atoms with E-state index in [1.165, 1.54) is 32.1 Å². The molecule has 1 fully saturated rings. The summed E-state index contributed by atoms with van der Waals surface area (Å²) in [6.45, 7) is 3.98. The first-order valence-corrected chi connectivity index (χ1v) is 5.10. The van der Waals surface area contributed by atoms with Crippen LogP contribution in [0.25, 0.3) is 0 Å². The monoisotopic (exact) mass is 184 g/mol. The number of nitrogens with one attached hydrogen (secondary N) is 1. The van der Waals surface area contributed by atoms with E-state index in [1.807, 2.05) is 13.8 Å². The predicted molar refractivity (Wildman–Crippen MR) is 52.7 cm³/mol. The Morgan fingerprint density at radius 1 is 1.31 bits per heavy atom. The summed E-state index contributed by atoms with van der Waals surface area (Å²) >= 11 is 0. The van der Waals surface area contributed by atoms with Crippen molar-refractivity contribution in [2.75, 3.05) is 0 Å². The second kappa shape index (κ2) is 4.09. The quantitative estimate of drug-likeness (QED) is 0.389. The van der Waals surface area contributed by atoms with E-state index in [1.54, 1.807) is 0 Å². The number of hydrogen-bond acceptors (Lipinski definition) is 2. The van der Waals surface area contributed by atoms with Gasteiger partial charge in [-0.1, -0.05) is 33.1 Å².